The van der Waals surface area contributed by atoms with Crippen LogP contribution in [0, 0.1) is 25.2 Å². The molecular weight excluding hydrogens is 350 g/mol. The summed E-state index contributed by atoms with van der Waals surface area (Å²) in [5, 5.41) is 13.6. The minimum Gasteiger partial charge on any atom is -0.308 e. The number of imide groups is 1. The molecule has 0 radical (unpaired) electrons. The van der Waals surface area contributed by atoms with Gasteiger partial charge in [0, 0.05) is 18.4 Å². The van der Waals surface area contributed by atoms with Crippen molar-refractivity contribution in [3.63, 3.8) is 0 Å². The number of anilines is 1. The number of carbonyl (C=O) groups excluding carboxylic acids is 2. The summed E-state index contributed by atoms with van der Waals surface area (Å²) >= 11 is 0. The molecule has 0 bridgehead atoms. The fourth-order valence-electron chi connectivity index (χ4n) is 2.39. The molecule has 140 valence electrons. The van der Waals surface area contributed by atoms with Crippen LogP contribution in [0.2, 0.25) is 0 Å². The third-order valence-electron chi connectivity index (χ3n) is 4.02. The zero-order valence-electron chi connectivity index (χ0n) is 15.2. The van der Waals surface area contributed by atoms with E-state index in [2.05, 4.69) is 10.6 Å². The number of rotatable bonds is 4. The topological polar surface area (TPSA) is 126 Å². The lowest BCUT2D eigenvalue weighted by atomic mass is 10.1. The van der Waals surface area contributed by atoms with E-state index in [1.54, 1.807) is 25.1 Å². The van der Waals surface area contributed by atoms with E-state index in [0.717, 1.165) is 21.9 Å². The lowest BCUT2D eigenvalue weighted by molar-refractivity contribution is -0.120. The summed E-state index contributed by atoms with van der Waals surface area (Å²) in [5.74, 6) is -0.853. The Morgan fingerprint density at radius 3 is 2.48 bits per heavy atom. The number of carbonyl (C=O) groups is 2. The number of aromatic nitrogens is 2. The van der Waals surface area contributed by atoms with Crippen LogP contribution >= 0.6 is 0 Å². The summed E-state index contributed by atoms with van der Waals surface area (Å²) in [6.45, 7) is 5.03. The smallest absolute Gasteiger partial charge is 0.308 e. The van der Waals surface area contributed by atoms with Gasteiger partial charge in [0.15, 0.2) is 0 Å². The van der Waals surface area contributed by atoms with Crippen molar-refractivity contribution in [1.82, 2.24) is 14.5 Å². The van der Waals surface area contributed by atoms with Gasteiger partial charge in [0.1, 0.15) is 18.2 Å². The molecular formula is C18H19N5O4. The van der Waals surface area contributed by atoms with E-state index < -0.39 is 29.7 Å². The van der Waals surface area contributed by atoms with Gasteiger partial charge in [0.25, 0.3) is 5.56 Å². The van der Waals surface area contributed by atoms with Crippen LogP contribution in [0.3, 0.4) is 0 Å². The van der Waals surface area contributed by atoms with E-state index in [1.165, 1.54) is 0 Å². The number of hydrogen-bond acceptors (Lipinski definition) is 5. The molecule has 0 spiro atoms. The molecule has 2 aromatic rings. The Hall–Kier alpha value is -3.67. The van der Waals surface area contributed by atoms with Crippen LogP contribution in [0.4, 0.5) is 10.5 Å². The average molecular weight is 369 g/mol. The third-order valence-corrected chi connectivity index (χ3v) is 4.02. The molecule has 2 rings (SSSR count). The molecule has 0 aliphatic heterocycles. The largest absolute Gasteiger partial charge is 0.331 e. The molecule has 2 N–H and O–H groups in total. The van der Waals surface area contributed by atoms with Crippen LogP contribution in [-0.4, -0.2) is 21.1 Å². The Kier molecular flexibility index (Phi) is 5.92. The zero-order valence-corrected chi connectivity index (χ0v) is 15.2. The second kappa shape index (κ2) is 8.14. The number of urea groups is 1. The predicted molar refractivity (Wildman–Crippen MR) is 98.4 cm³/mol. The molecule has 9 heteroatoms. The third kappa shape index (κ3) is 4.49. The van der Waals surface area contributed by atoms with Crippen molar-refractivity contribution in [3.05, 3.63) is 61.9 Å². The lowest BCUT2D eigenvalue weighted by Gasteiger charge is -2.10. The number of nitrogens with one attached hydrogen (secondary N) is 2. The van der Waals surface area contributed by atoms with Crippen molar-refractivity contribution in [2.45, 2.75) is 33.9 Å². The van der Waals surface area contributed by atoms with E-state index in [4.69, 9.17) is 5.26 Å². The van der Waals surface area contributed by atoms with Crippen molar-refractivity contribution >= 4 is 17.6 Å². The second-order valence-electron chi connectivity index (χ2n) is 5.92. The molecule has 0 fully saturated rings. The summed E-state index contributed by atoms with van der Waals surface area (Å²) in [6, 6.07) is 6.17. The summed E-state index contributed by atoms with van der Waals surface area (Å²) in [7, 11) is 0. The maximum atomic E-state index is 12.2. The fraction of sp³-hybridized carbons (Fsp3) is 0.278. The Morgan fingerprint density at radius 1 is 1.19 bits per heavy atom. The average Bonchev–Trinajstić information content (AvgIpc) is 2.62. The van der Waals surface area contributed by atoms with E-state index >= 15 is 0 Å². The number of hydrogen-bond donors (Lipinski definition) is 2. The number of nitrogens with zero attached hydrogens (tertiary/aromatic N) is 3. The van der Waals surface area contributed by atoms with Crippen molar-refractivity contribution in [1.29, 1.82) is 5.26 Å². The first-order valence-electron chi connectivity index (χ1n) is 8.19. The van der Waals surface area contributed by atoms with Crippen LogP contribution in [0.25, 0.3) is 0 Å². The Labute approximate surface area is 154 Å². The van der Waals surface area contributed by atoms with Crippen molar-refractivity contribution in [2.24, 2.45) is 0 Å². The highest BCUT2D eigenvalue weighted by molar-refractivity contribution is 6.01. The highest BCUT2D eigenvalue weighted by Gasteiger charge is 2.15. The zero-order chi connectivity index (χ0) is 20.1. The van der Waals surface area contributed by atoms with Crippen LogP contribution in [-0.2, 0) is 17.9 Å². The molecule has 1 aromatic carbocycles. The molecule has 0 saturated heterocycles. The van der Waals surface area contributed by atoms with Gasteiger partial charge in [0.2, 0.25) is 5.91 Å². The lowest BCUT2D eigenvalue weighted by Crippen LogP contribution is -2.46. The Bertz CT molecular complexity index is 1060. The van der Waals surface area contributed by atoms with E-state index in [9.17, 15) is 19.2 Å². The monoisotopic (exact) mass is 369 g/mol. The van der Waals surface area contributed by atoms with Crippen molar-refractivity contribution < 1.29 is 9.59 Å². The number of benzene rings is 1. The molecule has 3 amide bonds. The second-order valence-corrected chi connectivity index (χ2v) is 5.92. The first-order valence-corrected chi connectivity index (χ1v) is 8.19. The molecule has 0 aliphatic carbocycles. The SMILES string of the molecule is CCn1cc(C#N)c(=O)n(CC(=O)NC(=O)Nc2ccc(C)c(C)c2)c1=O. The maximum Gasteiger partial charge on any atom is 0.331 e. The summed E-state index contributed by atoms with van der Waals surface area (Å²) in [5.41, 5.74) is 0.660. The van der Waals surface area contributed by atoms with Crippen LogP contribution < -0.4 is 21.9 Å². The van der Waals surface area contributed by atoms with Gasteiger partial charge in [-0.1, -0.05) is 6.07 Å². The Balaban J connectivity index is 2.15. The molecule has 1 aromatic heterocycles. The summed E-state index contributed by atoms with van der Waals surface area (Å²) in [4.78, 5) is 48.4. The van der Waals surface area contributed by atoms with E-state index in [-0.39, 0.29) is 12.1 Å². The van der Waals surface area contributed by atoms with E-state index in [1.807, 2.05) is 19.9 Å². The molecule has 0 aliphatic rings. The first kappa shape index (κ1) is 19.7. The standard InChI is InChI=1S/C18H19N5O4/c1-4-22-9-13(8-19)16(25)23(18(22)27)10-15(24)21-17(26)20-14-6-5-11(2)12(3)7-14/h5-7,9H,4,10H2,1-3H3,(H2,20,21,24,26). The van der Waals surface area contributed by atoms with Gasteiger partial charge in [-0.3, -0.25) is 19.5 Å². The van der Waals surface area contributed by atoms with Crippen LogP contribution in [0.5, 0.6) is 0 Å². The quantitative estimate of drug-likeness (QED) is 0.827. The van der Waals surface area contributed by atoms with Gasteiger partial charge >= 0.3 is 11.7 Å². The molecule has 0 saturated carbocycles. The predicted octanol–water partition coefficient (Wildman–Crippen LogP) is 0.867. The van der Waals surface area contributed by atoms with Crippen LogP contribution in [0.15, 0.2) is 34.0 Å². The summed E-state index contributed by atoms with van der Waals surface area (Å²) in [6.07, 6.45) is 1.14. The fourth-order valence-corrected chi connectivity index (χ4v) is 2.39. The number of aryl methyl sites for hydroxylation is 3. The molecule has 1 heterocycles. The minimum atomic E-state index is -0.878. The normalized spacial score (nSPS) is 10.1. The first-order chi connectivity index (χ1) is 12.8. The summed E-state index contributed by atoms with van der Waals surface area (Å²) < 4.78 is 1.77. The molecule has 0 unspecified atom stereocenters. The molecule has 9 nitrogen and oxygen atoms in total. The van der Waals surface area contributed by atoms with E-state index in [0.29, 0.717) is 10.3 Å². The maximum absolute atomic E-state index is 12.2. The molecule has 27 heavy (non-hydrogen) atoms. The van der Waals surface area contributed by atoms with Crippen LogP contribution in [0.1, 0.15) is 23.6 Å². The van der Waals surface area contributed by atoms with Gasteiger partial charge in [0.05, 0.1) is 0 Å². The van der Waals surface area contributed by atoms with Crippen molar-refractivity contribution in [2.75, 3.05) is 5.32 Å². The van der Waals surface area contributed by atoms with Gasteiger partial charge < -0.3 is 5.32 Å². The minimum absolute atomic E-state index is 0.225. The van der Waals surface area contributed by atoms with Crippen molar-refractivity contribution in [3.8, 4) is 6.07 Å². The van der Waals surface area contributed by atoms with Gasteiger partial charge in [-0.2, -0.15) is 5.26 Å². The molecule has 0 atom stereocenters. The number of amides is 3. The van der Waals surface area contributed by atoms with Gasteiger partial charge in [-0.05, 0) is 44.0 Å². The highest BCUT2D eigenvalue weighted by Crippen LogP contribution is 2.13. The van der Waals surface area contributed by atoms with Gasteiger partial charge in [-0.15, -0.1) is 0 Å². The Morgan fingerprint density at radius 2 is 1.89 bits per heavy atom. The number of nitriles is 1. The van der Waals surface area contributed by atoms with Gasteiger partial charge in [-0.25, -0.2) is 14.2 Å². The highest BCUT2D eigenvalue weighted by atomic mass is 16.2.